The SMILES string of the molecule is COc1cc(CN2CCN(Cc3c(OC)ccc4ccccc34)C[C@@H]2CCO)cc(OC)c1. The molecule has 1 fully saturated rings. The Labute approximate surface area is 196 Å². The minimum Gasteiger partial charge on any atom is -0.497 e. The summed E-state index contributed by atoms with van der Waals surface area (Å²) >= 11 is 0. The number of fused-ring (bicyclic) bond motifs is 1. The lowest BCUT2D eigenvalue weighted by atomic mass is 10.0. The van der Waals surface area contributed by atoms with Crippen LogP contribution in [0.25, 0.3) is 10.8 Å². The van der Waals surface area contributed by atoms with E-state index in [2.05, 4.69) is 58.3 Å². The van der Waals surface area contributed by atoms with Crippen LogP contribution in [-0.2, 0) is 13.1 Å². The van der Waals surface area contributed by atoms with Crippen LogP contribution in [0.4, 0.5) is 0 Å². The second-order valence-corrected chi connectivity index (χ2v) is 8.56. The van der Waals surface area contributed by atoms with Crippen molar-refractivity contribution in [2.24, 2.45) is 0 Å². The normalized spacial score (nSPS) is 17.3. The molecule has 3 aromatic rings. The van der Waals surface area contributed by atoms with E-state index in [1.807, 2.05) is 6.07 Å². The van der Waals surface area contributed by atoms with E-state index in [4.69, 9.17) is 14.2 Å². The molecule has 6 heteroatoms. The zero-order chi connectivity index (χ0) is 23.2. The molecule has 0 spiro atoms. The van der Waals surface area contributed by atoms with Gasteiger partial charge in [-0.15, -0.1) is 0 Å². The summed E-state index contributed by atoms with van der Waals surface area (Å²) in [5, 5.41) is 12.2. The van der Waals surface area contributed by atoms with Crippen LogP contribution >= 0.6 is 0 Å². The number of benzene rings is 3. The zero-order valence-corrected chi connectivity index (χ0v) is 19.8. The summed E-state index contributed by atoms with van der Waals surface area (Å²) in [6.07, 6.45) is 0.740. The molecule has 4 rings (SSSR count). The smallest absolute Gasteiger partial charge is 0.123 e. The maximum Gasteiger partial charge on any atom is 0.123 e. The van der Waals surface area contributed by atoms with Crippen molar-refractivity contribution >= 4 is 10.8 Å². The third-order valence-corrected chi connectivity index (χ3v) is 6.55. The van der Waals surface area contributed by atoms with Crippen LogP contribution < -0.4 is 14.2 Å². The number of piperazine rings is 1. The average Bonchev–Trinajstić information content (AvgIpc) is 2.85. The summed E-state index contributed by atoms with van der Waals surface area (Å²) in [7, 11) is 5.09. The van der Waals surface area contributed by atoms with Gasteiger partial charge in [0.1, 0.15) is 17.2 Å². The molecule has 1 heterocycles. The highest BCUT2D eigenvalue weighted by Crippen LogP contribution is 2.31. The first-order valence-corrected chi connectivity index (χ1v) is 11.5. The van der Waals surface area contributed by atoms with E-state index in [0.717, 1.165) is 62.0 Å². The van der Waals surface area contributed by atoms with Crippen molar-refractivity contribution in [1.82, 2.24) is 9.80 Å². The van der Waals surface area contributed by atoms with E-state index in [9.17, 15) is 5.11 Å². The number of hydrogen-bond acceptors (Lipinski definition) is 6. The molecule has 33 heavy (non-hydrogen) atoms. The lowest BCUT2D eigenvalue weighted by molar-refractivity contribution is 0.0497. The topological polar surface area (TPSA) is 54.4 Å². The van der Waals surface area contributed by atoms with E-state index >= 15 is 0 Å². The Kier molecular flexibility index (Phi) is 7.70. The molecule has 1 aliphatic rings. The van der Waals surface area contributed by atoms with Gasteiger partial charge in [0.15, 0.2) is 0 Å². The molecule has 0 aromatic heterocycles. The van der Waals surface area contributed by atoms with Crippen LogP contribution in [0.2, 0.25) is 0 Å². The summed E-state index contributed by atoms with van der Waals surface area (Å²) in [5.41, 5.74) is 2.38. The number of aliphatic hydroxyl groups excluding tert-OH is 1. The zero-order valence-electron chi connectivity index (χ0n) is 19.8. The molecule has 0 saturated carbocycles. The Balaban J connectivity index is 1.52. The van der Waals surface area contributed by atoms with Crippen molar-refractivity contribution in [1.29, 1.82) is 0 Å². The Morgan fingerprint density at radius 3 is 2.33 bits per heavy atom. The quantitative estimate of drug-likeness (QED) is 0.533. The number of hydrogen-bond donors (Lipinski definition) is 1. The van der Waals surface area contributed by atoms with Crippen LogP contribution in [0.5, 0.6) is 17.2 Å². The van der Waals surface area contributed by atoms with E-state index in [1.165, 1.54) is 16.3 Å². The number of aliphatic hydroxyl groups is 1. The largest absolute Gasteiger partial charge is 0.497 e. The van der Waals surface area contributed by atoms with Gasteiger partial charge in [-0.25, -0.2) is 0 Å². The molecule has 0 radical (unpaired) electrons. The van der Waals surface area contributed by atoms with Crippen LogP contribution in [0.3, 0.4) is 0 Å². The highest BCUT2D eigenvalue weighted by atomic mass is 16.5. The Morgan fingerprint density at radius 2 is 1.64 bits per heavy atom. The average molecular weight is 451 g/mol. The van der Waals surface area contributed by atoms with Crippen molar-refractivity contribution in [2.75, 3.05) is 47.6 Å². The second-order valence-electron chi connectivity index (χ2n) is 8.56. The first-order chi connectivity index (χ1) is 16.1. The monoisotopic (exact) mass is 450 g/mol. The number of ether oxygens (including phenoxy) is 3. The molecule has 0 aliphatic carbocycles. The molecular weight excluding hydrogens is 416 g/mol. The first-order valence-electron chi connectivity index (χ1n) is 11.5. The lowest BCUT2D eigenvalue weighted by Crippen LogP contribution is -2.52. The van der Waals surface area contributed by atoms with Gasteiger partial charge in [0.25, 0.3) is 0 Å². The number of nitrogens with zero attached hydrogens (tertiary/aromatic N) is 2. The maximum atomic E-state index is 9.76. The predicted octanol–water partition coefficient (Wildman–Crippen LogP) is 3.93. The molecule has 1 atom stereocenters. The van der Waals surface area contributed by atoms with Crippen molar-refractivity contribution in [2.45, 2.75) is 25.6 Å². The van der Waals surface area contributed by atoms with Gasteiger partial charge in [-0.2, -0.15) is 0 Å². The van der Waals surface area contributed by atoms with Crippen molar-refractivity contribution in [3.63, 3.8) is 0 Å². The molecule has 3 aromatic carbocycles. The lowest BCUT2D eigenvalue weighted by Gasteiger charge is -2.41. The van der Waals surface area contributed by atoms with Gasteiger partial charge in [0.05, 0.1) is 21.3 Å². The third kappa shape index (κ3) is 5.41. The molecular formula is C27H34N2O4. The van der Waals surface area contributed by atoms with E-state index in [-0.39, 0.29) is 12.6 Å². The molecule has 1 saturated heterocycles. The van der Waals surface area contributed by atoms with Gasteiger partial charge < -0.3 is 19.3 Å². The molecule has 176 valence electrons. The van der Waals surface area contributed by atoms with Gasteiger partial charge >= 0.3 is 0 Å². The fourth-order valence-corrected chi connectivity index (χ4v) is 4.82. The van der Waals surface area contributed by atoms with Gasteiger partial charge in [-0.1, -0.05) is 30.3 Å². The fraction of sp³-hybridized carbons (Fsp3) is 0.407. The Hall–Kier alpha value is -2.80. The summed E-state index contributed by atoms with van der Waals surface area (Å²) in [6, 6.07) is 18.9. The standard InChI is InChI=1S/C27H34N2O4/c1-31-23-14-20(15-24(16-23)32-2)17-29-12-11-28(18-22(29)10-13-30)19-26-25-7-5-4-6-21(25)8-9-27(26)33-3/h4-9,14-16,22,30H,10-13,17-19H2,1-3H3/t22-/m0/s1. The van der Waals surface area contributed by atoms with Crippen LogP contribution in [0, 0.1) is 0 Å². The third-order valence-electron chi connectivity index (χ3n) is 6.55. The van der Waals surface area contributed by atoms with Crippen molar-refractivity contribution < 1.29 is 19.3 Å². The van der Waals surface area contributed by atoms with Gasteiger partial charge in [-0.05, 0) is 41.0 Å². The fourth-order valence-electron chi connectivity index (χ4n) is 4.82. The van der Waals surface area contributed by atoms with Gasteiger partial charge in [-0.3, -0.25) is 9.80 Å². The minimum absolute atomic E-state index is 0.175. The molecule has 6 nitrogen and oxygen atoms in total. The van der Waals surface area contributed by atoms with Crippen molar-refractivity contribution in [3.8, 4) is 17.2 Å². The van der Waals surface area contributed by atoms with Crippen LogP contribution in [0.15, 0.2) is 54.6 Å². The maximum absolute atomic E-state index is 9.76. The first kappa shape index (κ1) is 23.4. The summed E-state index contributed by atoms with van der Waals surface area (Å²) in [6.45, 7) is 4.58. The highest BCUT2D eigenvalue weighted by molar-refractivity contribution is 5.87. The highest BCUT2D eigenvalue weighted by Gasteiger charge is 2.28. The predicted molar refractivity (Wildman–Crippen MR) is 131 cm³/mol. The molecule has 0 amide bonds. The second kappa shape index (κ2) is 10.9. The number of methoxy groups -OCH3 is 3. The van der Waals surface area contributed by atoms with Crippen LogP contribution in [-0.4, -0.2) is 68.5 Å². The molecule has 0 unspecified atom stereocenters. The van der Waals surface area contributed by atoms with Gasteiger partial charge in [0.2, 0.25) is 0 Å². The van der Waals surface area contributed by atoms with Gasteiger partial charge in [0, 0.05) is 57.0 Å². The summed E-state index contributed by atoms with van der Waals surface area (Å²) in [5.74, 6) is 2.52. The summed E-state index contributed by atoms with van der Waals surface area (Å²) in [4.78, 5) is 4.94. The number of rotatable bonds is 9. The molecule has 0 bridgehead atoms. The van der Waals surface area contributed by atoms with E-state index in [1.54, 1.807) is 21.3 Å². The minimum atomic E-state index is 0.175. The van der Waals surface area contributed by atoms with E-state index < -0.39 is 0 Å². The summed E-state index contributed by atoms with van der Waals surface area (Å²) < 4.78 is 16.6. The Bertz CT molecular complexity index is 1050. The van der Waals surface area contributed by atoms with Crippen LogP contribution in [0.1, 0.15) is 17.5 Å². The molecule has 1 aliphatic heterocycles. The van der Waals surface area contributed by atoms with E-state index in [0.29, 0.717) is 0 Å². The molecule has 1 N–H and O–H groups in total. The van der Waals surface area contributed by atoms with Crippen molar-refractivity contribution in [3.05, 3.63) is 65.7 Å². The Morgan fingerprint density at radius 1 is 0.879 bits per heavy atom.